The Morgan fingerprint density at radius 3 is 2.47 bits per heavy atom. The van der Waals surface area contributed by atoms with E-state index in [0.29, 0.717) is 34.7 Å². The van der Waals surface area contributed by atoms with Gasteiger partial charge in [0, 0.05) is 24.7 Å². The number of nitrogens with two attached hydrogens (primary N) is 1. The quantitative estimate of drug-likeness (QED) is 0.605. The fourth-order valence-corrected chi connectivity index (χ4v) is 11.2. The summed E-state index contributed by atoms with van der Waals surface area (Å²) in [6, 6.07) is 1.63. The zero-order valence-corrected chi connectivity index (χ0v) is 19.9. The highest BCUT2D eigenvalue weighted by Gasteiger charge is 2.67. The number of fused-ring (bicyclic) bond motifs is 9. The van der Waals surface area contributed by atoms with Crippen molar-refractivity contribution in [2.24, 2.45) is 58.0 Å². The van der Waals surface area contributed by atoms with Crippen LogP contribution in [0.5, 0.6) is 0 Å². The fraction of sp³-hybridized carbons (Fsp3) is 1.00. The van der Waals surface area contributed by atoms with Crippen LogP contribution in [0.2, 0.25) is 0 Å². The van der Waals surface area contributed by atoms with Crippen LogP contribution in [0.3, 0.4) is 0 Å². The van der Waals surface area contributed by atoms with E-state index < -0.39 is 0 Å². The highest BCUT2D eigenvalue weighted by molar-refractivity contribution is 5.18. The third kappa shape index (κ3) is 2.55. The molecule has 2 heterocycles. The third-order valence-corrected chi connectivity index (χ3v) is 12.3. The van der Waals surface area contributed by atoms with E-state index in [0.717, 1.165) is 42.1 Å². The van der Waals surface area contributed by atoms with Crippen LogP contribution in [0.1, 0.15) is 85.5 Å². The third-order valence-electron chi connectivity index (χ3n) is 12.3. The average molecular weight is 415 g/mol. The molecule has 0 aromatic carbocycles. The molecule has 0 amide bonds. The predicted octanol–water partition coefficient (Wildman–Crippen LogP) is 4.67. The topological polar surface area (TPSA) is 49.5 Å². The smallest absolute Gasteiger partial charge is 0.0701 e. The largest absolute Gasteiger partial charge is 0.391 e. The van der Waals surface area contributed by atoms with Gasteiger partial charge in [0.25, 0.3) is 0 Å². The molecule has 30 heavy (non-hydrogen) atoms. The van der Waals surface area contributed by atoms with Crippen molar-refractivity contribution in [3.63, 3.8) is 0 Å². The minimum atomic E-state index is -0.103. The second-order valence-electron chi connectivity index (χ2n) is 13.5. The SMILES string of the molecule is C[C@@H]1C[C@@H](O)[C@@H]2[C@H](C)[C@@H]3[C@@H](C[C@H]4[C@H]5CC[C@H]6C[C@@H](N)CC[C@]6(C)[C@@H]5CC[C@]34C)N2C1. The number of piperidine rings is 1. The maximum absolute atomic E-state index is 11.0. The maximum atomic E-state index is 11.0. The van der Waals surface area contributed by atoms with E-state index in [4.69, 9.17) is 5.73 Å². The van der Waals surface area contributed by atoms with Crippen molar-refractivity contribution in [1.82, 2.24) is 4.90 Å². The Kier molecular flexibility index (Phi) is 4.58. The summed E-state index contributed by atoms with van der Waals surface area (Å²) in [6.07, 6.45) is 12.0. The Morgan fingerprint density at radius 2 is 1.67 bits per heavy atom. The molecule has 0 spiro atoms. The van der Waals surface area contributed by atoms with Crippen LogP contribution in [0, 0.1) is 52.3 Å². The number of rotatable bonds is 0. The molecule has 3 N–H and O–H groups in total. The lowest BCUT2D eigenvalue weighted by molar-refractivity contribution is -0.118. The summed E-state index contributed by atoms with van der Waals surface area (Å²) in [5.41, 5.74) is 7.47. The summed E-state index contributed by atoms with van der Waals surface area (Å²) in [6.45, 7) is 11.4. The van der Waals surface area contributed by atoms with Crippen LogP contribution in [-0.4, -0.2) is 40.8 Å². The van der Waals surface area contributed by atoms with Crippen LogP contribution < -0.4 is 5.73 Å². The van der Waals surface area contributed by atoms with Gasteiger partial charge in [0.15, 0.2) is 0 Å². The van der Waals surface area contributed by atoms with Crippen LogP contribution in [0.15, 0.2) is 0 Å². The summed E-state index contributed by atoms with van der Waals surface area (Å²) >= 11 is 0. The Labute approximate surface area is 184 Å². The molecular formula is C27H46N2O. The minimum Gasteiger partial charge on any atom is -0.391 e. The van der Waals surface area contributed by atoms with Gasteiger partial charge in [-0.1, -0.05) is 27.7 Å². The van der Waals surface area contributed by atoms with Gasteiger partial charge < -0.3 is 10.8 Å². The van der Waals surface area contributed by atoms with Gasteiger partial charge in [0.05, 0.1) is 6.10 Å². The number of aliphatic hydroxyl groups excluding tert-OH is 1. The van der Waals surface area contributed by atoms with Crippen molar-refractivity contribution in [3.8, 4) is 0 Å². The van der Waals surface area contributed by atoms with E-state index in [9.17, 15) is 5.11 Å². The molecule has 13 atom stereocenters. The summed E-state index contributed by atoms with van der Waals surface area (Å²) in [5, 5.41) is 11.0. The first-order chi connectivity index (χ1) is 14.2. The van der Waals surface area contributed by atoms with Gasteiger partial charge in [-0.2, -0.15) is 0 Å². The van der Waals surface area contributed by atoms with E-state index in [1.54, 1.807) is 0 Å². The van der Waals surface area contributed by atoms with Crippen LogP contribution >= 0.6 is 0 Å². The molecule has 2 aliphatic heterocycles. The van der Waals surface area contributed by atoms with Gasteiger partial charge in [-0.05, 0) is 110 Å². The normalized spacial score (nSPS) is 62.8. The molecule has 4 saturated carbocycles. The highest BCUT2D eigenvalue weighted by Crippen LogP contribution is 2.70. The molecule has 4 aliphatic carbocycles. The van der Waals surface area contributed by atoms with Gasteiger partial charge >= 0.3 is 0 Å². The molecule has 0 radical (unpaired) electrons. The molecule has 3 nitrogen and oxygen atoms in total. The molecule has 3 heteroatoms. The van der Waals surface area contributed by atoms with E-state index >= 15 is 0 Å². The number of hydrogen-bond donors (Lipinski definition) is 2. The lowest BCUT2D eigenvalue weighted by Crippen LogP contribution is -2.55. The molecule has 6 fully saturated rings. The summed E-state index contributed by atoms with van der Waals surface area (Å²) in [4.78, 5) is 2.82. The summed E-state index contributed by atoms with van der Waals surface area (Å²) in [5.74, 6) is 5.79. The van der Waals surface area contributed by atoms with Crippen molar-refractivity contribution in [2.45, 2.75) is 110 Å². The second kappa shape index (κ2) is 6.70. The first-order valence-corrected chi connectivity index (χ1v) is 13.4. The lowest BCUT2D eigenvalue weighted by Gasteiger charge is -2.61. The van der Waals surface area contributed by atoms with E-state index in [-0.39, 0.29) is 6.10 Å². The summed E-state index contributed by atoms with van der Waals surface area (Å²) in [7, 11) is 0. The molecule has 6 aliphatic rings. The van der Waals surface area contributed by atoms with Crippen molar-refractivity contribution >= 4 is 0 Å². The monoisotopic (exact) mass is 414 g/mol. The van der Waals surface area contributed by atoms with Crippen molar-refractivity contribution in [3.05, 3.63) is 0 Å². The first-order valence-electron chi connectivity index (χ1n) is 13.4. The minimum absolute atomic E-state index is 0.103. The van der Waals surface area contributed by atoms with E-state index in [1.807, 2.05) is 0 Å². The highest BCUT2D eigenvalue weighted by atomic mass is 16.3. The Bertz CT molecular complexity index is 696. The average Bonchev–Trinajstić information content (AvgIpc) is 3.15. The van der Waals surface area contributed by atoms with Gasteiger partial charge in [0.1, 0.15) is 0 Å². The number of nitrogens with zero attached hydrogens (tertiary/aromatic N) is 1. The van der Waals surface area contributed by atoms with Crippen LogP contribution in [0.4, 0.5) is 0 Å². The molecule has 170 valence electrons. The molecule has 0 unspecified atom stereocenters. The summed E-state index contributed by atoms with van der Waals surface area (Å²) < 4.78 is 0. The van der Waals surface area contributed by atoms with E-state index in [1.165, 1.54) is 57.9 Å². The predicted molar refractivity (Wildman–Crippen MR) is 122 cm³/mol. The van der Waals surface area contributed by atoms with Crippen LogP contribution in [0.25, 0.3) is 0 Å². The van der Waals surface area contributed by atoms with Crippen molar-refractivity contribution in [2.75, 3.05) is 6.54 Å². The lowest BCUT2D eigenvalue weighted by atomic mass is 9.44. The molecule has 6 rings (SSSR count). The standard InChI is InChI=1S/C27H46N2O/c1-15-11-23(30)25-16(2)24-22(29(25)14-15)13-21-19-6-5-17-12-18(28)7-9-26(17,3)20(19)8-10-27(21,24)4/h15-25,30H,5-14,28H2,1-4H3/t15-,16-,17+,18+,19+,20-,21+,22-,23-,24-,25+,26+,27+/m1/s1. The zero-order chi connectivity index (χ0) is 21.0. The van der Waals surface area contributed by atoms with Gasteiger partial charge in [-0.3, -0.25) is 4.90 Å². The number of aliphatic hydroxyl groups is 1. The van der Waals surface area contributed by atoms with Crippen LogP contribution in [-0.2, 0) is 0 Å². The Balaban J connectivity index is 1.30. The zero-order valence-electron chi connectivity index (χ0n) is 19.9. The molecule has 2 saturated heterocycles. The second-order valence-corrected chi connectivity index (χ2v) is 13.5. The van der Waals surface area contributed by atoms with Gasteiger partial charge in [-0.25, -0.2) is 0 Å². The molecule has 0 aromatic rings. The first kappa shape index (κ1) is 20.5. The molecular weight excluding hydrogens is 368 g/mol. The van der Waals surface area contributed by atoms with Crippen molar-refractivity contribution in [1.29, 1.82) is 0 Å². The van der Waals surface area contributed by atoms with Crippen molar-refractivity contribution < 1.29 is 5.11 Å². The number of hydrogen-bond acceptors (Lipinski definition) is 3. The Morgan fingerprint density at radius 1 is 0.900 bits per heavy atom. The Hall–Kier alpha value is -0.120. The van der Waals surface area contributed by atoms with Gasteiger partial charge in [0.2, 0.25) is 0 Å². The maximum Gasteiger partial charge on any atom is 0.0701 e. The molecule has 0 bridgehead atoms. The van der Waals surface area contributed by atoms with Gasteiger partial charge in [-0.15, -0.1) is 0 Å². The molecule has 0 aromatic heterocycles. The van der Waals surface area contributed by atoms with E-state index in [2.05, 4.69) is 32.6 Å². The fourth-order valence-electron chi connectivity index (χ4n) is 11.2.